The molecule has 1 aliphatic rings. The molecule has 1 heterocycles. The maximum Gasteiger partial charge on any atom is 0.255 e. The molecule has 0 aliphatic carbocycles. The van der Waals surface area contributed by atoms with Gasteiger partial charge in [-0.15, -0.1) is 0 Å². The fourth-order valence-electron chi connectivity index (χ4n) is 2.81. The third-order valence-electron chi connectivity index (χ3n) is 4.15. The number of hydrogen-bond acceptors (Lipinski definition) is 3. The van der Waals surface area contributed by atoms with Gasteiger partial charge in [-0.3, -0.25) is 4.79 Å². The van der Waals surface area contributed by atoms with Gasteiger partial charge in [-0.2, -0.15) is 0 Å². The molecule has 0 spiro atoms. The predicted molar refractivity (Wildman–Crippen MR) is 97.6 cm³/mol. The van der Waals surface area contributed by atoms with Crippen molar-refractivity contribution in [2.45, 2.75) is 0 Å². The minimum absolute atomic E-state index is 0.0537. The Balaban J connectivity index is 1.67. The van der Waals surface area contributed by atoms with Gasteiger partial charge in [0, 0.05) is 43.0 Å². The van der Waals surface area contributed by atoms with Crippen LogP contribution < -0.4 is 9.64 Å². The van der Waals surface area contributed by atoms with Crippen LogP contribution in [0, 0.1) is 0 Å². The Morgan fingerprint density at radius 3 is 2.46 bits per heavy atom. The number of nitrogens with zero attached hydrogens (tertiary/aromatic N) is 2. The molecule has 126 valence electrons. The first-order chi connectivity index (χ1) is 11.6. The molecule has 2 aromatic carbocycles. The first-order valence-corrected chi connectivity index (χ1v) is 8.47. The van der Waals surface area contributed by atoms with Gasteiger partial charge in [0.2, 0.25) is 0 Å². The summed E-state index contributed by atoms with van der Waals surface area (Å²) in [6, 6.07) is 12.9. The van der Waals surface area contributed by atoms with E-state index in [-0.39, 0.29) is 5.91 Å². The molecule has 3 rings (SSSR count). The molecule has 0 N–H and O–H groups in total. The fraction of sp³-hybridized carbons (Fsp3) is 0.278. The van der Waals surface area contributed by atoms with Crippen LogP contribution in [-0.2, 0) is 0 Å². The van der Waals surface area contributed by atoms with Crippen LogP contribution in [0.1, 0.15) is 10.4 Å². The summed E-state index contributed by atoms with van der Waals surface area (Å²) in [6.45, 7) is 2.83. The van der Waals surface area contributed by atoms with E-state index in [1.54, 1.807) is 25.3 Å². The van der Waals surface area contributed by atoms with E-state index in [9.17, 15) is 4.79 Å². The minimum atomic E-state index is -0.0537. The van der Waals surface area contributed by atoms with Gasteiger partial charge in [0.05, 0.1) is 17.7 Å². The minimum Gasteiger partial charge on any atom is -0.497 e. The highest BCUT2D eigenvalue weighted by atomic mass is 35.5. The van der Waals surface area contributed by atoms with Crippen LogP contribution >= 0.6 is 23.2 Å². The molecular weight excluding hydrogens is 347 g/mol. The Morgan fingerprint density at radius 2 is 1.79 bits per heavy atom. The second-order valence-corrected chi connectivity index (χ2v) is 6.45. The molecule has 1 amide bonds. The number of rotatable bonds is 3. The predicted octanol–water partition coefficient (Wildman–Crippen LogP) is 3.96. The van der Waals surface area contributed by atoms with Crippen molar-refractivity contribution in [3.8, 4) is 5.75 Å². The maximum atomic E-state index is 12.6. The molecule has 0 saturated carbocycles. The van der Waals surface area contributed by atoms with Crippen molar-refractivity contribution in [3.05, 3.63) is 58.1 Å². The van der Waals surface area contributed by atoms with E-state index >= 15 is 0 Å². The largest absolute Gasteiger partial charge is 0.497 e. The normalized spacial score (nSPS) is 14.6. The summed E-state index contributed by atoms with van der Waals surface area (Å²) in [7, 11) is 1.66. The molecule has 0 aromatic heterocycles. The van der Waals surface area contributed by atoms with Gasteiger partial charge >= 0.3 is 0 Å². The molecule has 1 aliphatic heterocycles. The Morgan fingerprint density at radius 1 is 1.04 bits per heavy atom. The molecule has 0 unspecified atom stereocenters. The number of piperazine rings is 1. The lowest BCUT2D eigenvalue weighted by atomic mass is 10.1. The van der Waals surface area contributed by atoms with Crippen molar-refractivity contribution in [2.75, 3.05) is 38.2 Å². The average Bonchev–Trinajstić information content (AvgIpc) is 2.61. The van der Waals surface area contributed by atoms with Crippen LogP contribution in [0.2, 0.25) is 10.0 Å². The second-order valence-electron chi connectivity index (χ2n) is 5.60. The maximum absolute atomic E-state index is 12.6. The number of halogens is 2. The van der Waals surface area contributed by atoms with Crippen LogP contribution in [0.15, 0.2) is 42.5 Å². The average molecular weight is 365 g/mol. The molecule has 0 bridgehead atoms. The standard InChI is InChI=1S/C18H18Cl2N2O2/c1-24-15-4-2-3-14(12-15)21-7-9-22(10-8-21)18(23)16-6-5-13(19)11-17(16)20/h2-6,11-12H,7-10H2,1H3. The molecular formula is C18H18Cl2N2O2. The van der Waals surface area contributed by atoms with Crippen molar-refractivity contribution >= 4 is 34.8 Å². The van der Waals surface area contributed by atoms with Crippen molar-refractivity contribution in [1.29, 1.82) is 0 Å². The molecule has 1 fully saturated rings. The van der Waals surface area contributed by atoms with Crippen LogP contribution in [0.3, 0.4) is 0 Å². The van der Waals surface area contributed by atoms with E-state index in [2.05, 4.69) is 11.0 Å². The number of methoxy groups -OCH3 is 1. The highest BCUT2D eigenvalue weighted by Crippen LogP contribution is 2.25. The van der Waals surface area contributed by atoms with Crippen molar-refractivity contribution in [2.24, 2.45) is 0 Å². The zero-order chi connectivity index (χ0) is 17.1. The number of carbonyl (C=O) groups excluding carboxylic acids is 1. The summed E-state index contributed by atoms with van der Waals surface area (Å²) in [6.07, 6.45) is 0. The molecule has 0 radical (unpaired) electrons. The molecule has 24 heavy (non-hydrogen) atoms. The third-order valence-corrected chi connectivity index (χ3v) is 4.69. The van der Waals surface area contributed by atoms with Crippen LogP contribution in [0.4, 0.5) is 5.69 Å². The Kier molecular flexibility index (Phi) is 5.17. The number of hydrogen-bond donors (Lipinski definition) is 0. The SMILES string of the molecule is COc1cccc(N2CCN(C(=O)c3ccc(Cl)cc3Cl)CC2)c1. The lowest BCUT2D eigenvalue weighted by molar-refractivity contribution is 0.0747. The number of ether oxygens (including phenoxy) is 1. The molecule has 1 saturated heterocycles. The van der Waals surface area contributed by atoms with Gasteiger partial charge < -0.3 is 14.5 Å². The smallest absolute Gasteiger partial charge is 0.255 e. The lowest BCUT2D eigenvalue weighted by Gasteiger charge is -2.36. The molecule has 6 heteroatoms. The van der Waals surface area contributed by atoms with E-state index in [0.29, 0.717) is 28.7 Å². The van der Waals surface area contributed by atoms with E-state index in [4.69, 9.17) is 27.9 Å². The van der Waals surface area contributed by atoms with Gasteiger partial charge in [-0.25, -0.2) is 0 Å². The van der Waals surface area contributed by atoms with E-state index in [1.165, 1.54) is 0 Å². The molecule has 2 aromatic rings. The number of carbonyl (C=O) groups is 1. The number of anilines is 1. The summed E-state index contributed by atoms with van der Waals surface area (Å²) < 4.78 is 5.27. The Labute approximate surface area is 151 Å². The van der Waals surface area contributed by atoms with Gasteiger partial charge in [0.1, 0.15) is 5.75 Å². The zero-order valence-electron chi connectivity index (χ0n) is 13.3. The van der Waals surface area contributed by atoms with E-state index in [1.807, 2.05) is 23.1 Å². The van der Waals surface area contributed by atoms with Crippen LogP contribution in [-0.4, -0.2) is 44.1 Å². The molecule has 0 atom stereocenters. The van der Waals surface area contributed by atoms with Gasteiger partial charge in [-0.05, 0) is 30.3 Å². The first-order valence-electron chi connectivity index (χ1n) is 7.72. The van der Waals surface area contributed by atoms with Gasteiger partial charge in [0.15, 0.2) is 0 Å². The highest BCUT2D eigenvalue weighted by molar-refractivity contribution is 6.36. The van der Waals surface area contributed by atoms with E-state index < -0.39 is 0 Å². The number of amides is 1. The fourth-order valence-corrected chi connectivity index (χ4v) is 3.30. The van der Waals surface area contributed by atoms with E-state index in [0.717, 1.165) is 24.5 Å². The summed E-state index contributed by atoms with van der Waals surface area (Å²) in [5.74, 6) is 0.779. The quantitative estimate of drug-likeness (QED) is 0.825. The lowest BCUT2D eigenvalue weighted by Crippen LogP contribution is -2.48. The Bertz CT molecular complexity index is 744. The Hall–Kier alpha value is -1.91. The first kappa shape index (κ1) is 16.9. The molecule has 4 nitrogen and oxygen atoms in total. The van der Waals surface area contributed by atoms with Crippen molar-refractivity contribution < 1.29 is 9.53 Å². The zero-order valence-corrected chi connectivity index (χ0v) is 14.8. The van der Waals surface area contributed by atoms with Crippen LogP contribution in [0.5, 0.6) is 5.75 Å². The number of benzene rings is 2. The van der Waals surface area contributed by atoms with Crippen molar-refractivity contribution in [1.82, 2.24) is 4.90 Å². The van der Waals surface area contributed by atoms with Gasteiger partial charge in [-0.1, -0.05) is 29.3 Å². The third kappa shape index (κ3) is 3.60. The van der Waals surface area contributed by atoms with Crippen molar-refractivity contribution in [3.63, 3.8) is 0 Å². The summed E-state index contributed by atoms with van der Waals surface area (Å²) in [5.41, 5.74) is 1.60. The monoisotopic (exact) mass is 364 g/mol. The highest BCUT2D eigenvalue weighted by Gasteiger charge is 2.24. The topological polar surface area (TPSA) is 32.8 Å². The summed E-state index contributed by atoms with van der Waals surface area (Å²) >= 11 is 12.0. The van der Waals surface area contributed by atoms with Gasteiger partial charge in [0.25, 0.3) is 5.91 Å². The summed E-state index contributed by atoms with van der Waals surface area (Å²) in [5, 5.41) is 0.919. The second kappa shape index (κ2) is 7.32. The van der Waals surface area contributed by atoms with Crippen LogP contribution in [0.25, 0.3) is 0 Å². The summed E-state index contributed by atoms with van der Waals surface area (Å²) in [4.78, 5) is 16.7.